The van der Waals surface area contributed by atoms with Crippen LogP contribution in [0.25, 0.3) is 55.7 Å². The summed E-state index contributed by atoms with van der Waals surface area (Å²) in [5.74, 6) is -0.754. The van der Waals surface area contributed by atoms with E-state index in [4.69, 9.17) is 22.2 Å². The minimum atomic E-state index is -2.65. The van der Waals surface area contributed by atoms with E-state index in [2.05, 4.69) is 27.1 Å². The second-order valence-corrected chi connectivity index (χ2v) is 10.3. The normalized spacial score (nSPS) is 16.5. The summed E-state index contributed by atoms with van der Waals surface area (Å²) in [5.41, 5.74) is 4.09. The van der Waals surface area contributed by atoms with E-state index in [9.17, 15) is 0 Å². The zero-order valence-corrected chi connectivity index (χ0v) is 26.7. The molecule has 4 aromatic heterocycles. The number of aryl methyl sites for hydroxylation is 4. The van der Waals surface area contributed by atoms with Gasteiger partial charge >= 0.3 is 0 Å². The molecule has 0 unspecified atom stereocenters. The molecule has 4 nitrogen and oxygen atoms in total. The molecule has 0 fully saturated rings. The van der Waals surface area contributed by atoms with Crippen LogP contribution in [0.5, 0.6) is 0 Å². The van der Waals surface area contributed by atoms with Gasteiger partial charge in [-0.15, -0.1) is 47.5 Å². The molecule has 0 aliphatic carbocycles. The van der Waals surface area contributed by atoms with E-state index in [-0.39, 0.29) is 53.9 Å². The van der Waals surface area contributed by atoms with Gasteiger partial charge in [-0.2, -0.15) is 0 Å². The van der Waals surface area contributed by atoms with Crippen LogP contribution in [0.3, 0.4) is 0 Å². The Kier molecular flexibility index (Phi) is 5.83. The first-order valence-electron chi connectivity index (χ1n) is 20.3. The van der Waals surface area contributed by atoms with E-state index in [0.717, 1.165) is 22.5 Å². The van der Waals surface area contributed by atoms with Crippen LogP contribution in [0.2, 0.25) is 0 Å². The average molecular weight is 779 g/mol. The molecular weight excluding hydrogens is 731 g/mol. The topological polar surface area (TPSA) is 51.8 Å². The molecule has 7 aromatic rings. The van der Waals surface area contributed by atoms with Crippen LogP contribution in [0.4, 0.5) is 0 Å². The minimum absolute atomic E-state index is 0. The Bertz CT molecular complexity index is 2570. The largest absolute Gasteiger partial charge is 0.486 e. The van der Waals surface area contributed by atoms with E-state index in [1.807, 2.05) is 38.1 Å². The molecule has 227 valence electrons. The van der Waals surface area contributed by atoms with Crippen molar-refractivity contribution in [2.24, 2.45) is 0 Å². The molecule has 3 aromatic carbocycles. The van der Waals surface area contributed by atoms with Crippen LogP contribution >= 0.6 is 0 Å². The van der Waals surface area contributed by atoms with Gasteiger partial charge in [0.15, 0.2) is 0 Å². The number of rotatable bonds is 4. The summed E-state index contributed by atoms with van der Waals surface area (Å²) in [6.45, 7) is -6.31. The maximum atomic E-state index is 8.24. The first kappa shape index (κ1) is 19.2. The molecule has 0 bridgehead atoms. The van der Waals surface area contributed by atoms with Crippen molar-refractivity contribution in [3.63, 3.8) is 0 Å². The summed E-state index contributed by atoms with van der Waals surface area (Å²) < 4.78 is 106. The van der Waals surface area contributed by atoms with Gasteiger partial charge in [-0.05, 0) is 67.2 Å². The SMILES string of the molecule is [2H]C([2H])([2H])c1c[c-]c(-c2cc(C([2H])([2H])[2H])c(C([2H])([2H])[2H])cn2)cc1-c1ccccc1.[2H]C([2H])([2H])c1ccc2c(n1)oc1c(-c3cc(C([2H])(C)C)ccn3)[c-]ccc12.[Ir]. The Labute approximate surface area is 297 Å². The monoisotopic (exact) mass is 779 g/mol. The van der Waals surface area contributed by atoms with Crippen molar-refractivity contribution in [1.29, 1.82) is 0 Å². The second-order valence-electron chi connectivity index (χ2n) is 10.3. The summed E-state index contributed by atoms with van der Waals surface area (Å²) in [4.78, 5) is 12.7. The summed E-state index contributed by atoms with van der Waals surface area (Å²) in [7, 11) is 0. The molecule has 0 aliphatic heterocycles. The van der Waals surface area contributed by atoms with Gasteiger partial charge in [-0.3, -0.25) is 0 Å². The van der Waals surface area contributed by atoms with Crippen molar-refractivity contribution in [3.8, 4) is 33.6 Å². The molecule has 0 saturated heterocycles. The molecular formula is C40H35IrN3O-2. The predicted molar refractivity (Wildman–Crippen MR) is 181 cm³/mol. The number of aromatic nitrogens is 3. The van der Waals surface area contributed by atoms with Crippen LogP contribution in [0.15, 0.2) is 102 Å². The number of hydrogen-bond acceptors (Lipinski definition) is 4. The fraction of sp³-hybridized carbons (Fsp3) is 0.175. The standard InChI is InChI=1S/C20H17N2O.C20H18N.Ir/c1-12(2)14-9-10-21-18(11-14)17-6-4-5-15-16-8-7-13(3)22-20(16)23-19(15)17;1-14-9-10-18(20-11-15(2)16(3)13-21-20)12-19(14)17-7-5-4-6-8-17;/h4-5,7-12H,1-3H3;4-9,11-13H,1-3H3;/q2*-1;/i3D3,12D;1D3,2D3,3D3;. The molecule has 0 N–H and O–H groups in total. The van der Waals surface area contributed by atoms with E-state index >= 15 is 0 Å². The summed E-state index contributed by atoms with van der Waals surface area (Å²) in [6.07, 6.45) is 2.71. The van der Waals surface area contributed by atoms with Crippen molar-refractivity contribution in [2.45, 2.75) is 47.1 Å². The zero-order valence-electron chi connectivity index (χ0n) is 37.3. The number of hydrogen-bond donors (Lipinski definition) is 0. The maximum Gasteiger partial charge on any atom is 0.216 e. The van der Waals surface area contributed by atoms with Crippen molar-refractivity contribution < 1.29 is 42.3 Å². The molecule has 45 heavy (non-hydrogen) atoms. The van der Waals surface area contributed by atoms with E-state index in [1.165, 1.54) is 18.2 Å². The first-order valence-corrected chi connectivity index (χ1v) is 13.8. The molecule has 0 aliphatic rings. The number of furan rings is 1. The van der Waals surface area contributed by atoms with Gasteiger partial charge in [0, 0.05) is 61.4 Å². The number of nitrogens with zero attached hydrogens (tertiary/aromatic N) is 3. The third-order valence-corrected chi connectivity index (χ3v) is 7.11. The molecule has 0 amide bonds. The van der Waals surface area contributed by atoms with Crippen LogP contribution in [0, 0.1) is 39.5 Å². The molecule has 0 atom stereocenters. The Balaban J connectivity index is 0.000000218. The van der Waals surface area contributed by atoms with Crippen molar-refractivity contribution in [3.05, 3.63) is 137 Å². The fourth-order valence-corrected chi connectivity index (χ4v) is 4.79. The van der Waals surface area contributed by atoms with Gasteiger partial charge in [-0.25, -0.2) is 4.98 Å². The number of pyridine rings is 3. The van der Waals surface area contributed by atoms with Crippen LogP contribution in [-0.4, -0.2) is 15.0 Å². The van der Waals surface area contributed by atoms with E-state index < -0.39 is 33.3 Å². The van der Waals surface area contributed by atoms with Gasteiger partial charge in [0.05, 0.1) is 5.58 Å². The Morgan fingerprint density at radius 2 is 1.64 bits per heavy atom. The van der Waals surface area contributed by atoms with Gasteiger partial charge in [0.2, 0.25) is 5.71 Å². The maximum absolute atomic E-state index is 8.24. The van der Waals surface area contributed by atoms with Gasteiger partial charge < -0.3 is 14.4 Å². The van der Waals surface area contributed by atoms with E-state index in [1.54, 1.807) is 48.7 Å². The van der Waals surface area contributed by atoms with Crippen molar-refractivity contribution in [2.75, 3.05) is 0 Å². The average Bonchev–Trinajstić information content (AvgIpc) is 3.52. The van der Waals surface area contributed by atoms with Gasteiger partial charge in [0.25, 0.3) is 0 Å². The summed E-state index contributed by atoms with van der Waals surface area (Å²) in [6, 6.07) is 29.6. The molecule has 0 spiro atoms. The zero-order chi connectivity index (χ0) is 41.7. The van der Waals surface area contributed by atoms with Crippen molar-refractivity contribution >= 4 is 22.1 Å². The molecule has 4 heterocycles. The van der Waals surface area contributed by atoms with Gasteiger partial charge in [0.1, 0.15) is 0 Å². The Hall–Kier alpha value is -4.44. The van der Waals surface area contributed by atoms with Crippen LogP contribution in [0.1, 0.15) is 65.5 Å². The third-order valence-electron chi connectivity index (χ3n) is 7.11. The Morgan fingerprint density at radius 1 is 0.800 bits per heavy atom. The number of benzene rings is 3. The molecule has 0 saturated carbocycles. The summed E-state index contributed by atoms with van der Waals surface area (Å²) >= 11 is 0. The molecule has 1 radical (unpaired) electrons. The molecule has 7 rings (SSSR count). The van der Waals surface area contributed by atoms with Crippen molar-refractivity contribution in [1.82, 2.24) is 15.0 Å². The first-order chi connectivity index (χ1) is 26.4. The quantitative estimate of drug-likeness (QED) is 0.167. The van der Waals surface area contributed by atoms with Gasteiger partial charge in [-0.1, -0.05) is 90.8 Å². The number of fused-ring (bicyclic) bond motifs is 3. The minimum Gasteiger partial charge on any atom is -0.486 e. The smallest absolute Gasteiger partial charge is 0.216 e. The second kappa shape index (κ2) is 13.7. The fourth-order valence-electron chi connectivity index (χ4n) is 4.79. The third kappa shape index (κ3) is 6.80. The summed E-state index contributed by atoms with van der Waals surface area (Å²) in [5, 5.41) is 1.56. The van der Waals surface area contributed by atoms with Crippen LogP contribution < -0.4 is 0 Å². The molecule has 5 heteroatoms. The van der Waals surface area contributed by atoms with Crippen LogP contribution in [-0.2, 0) is 20.1 Å². The Morgan fingerprint density at radius 3 is 2.42 bits per heavy atom. The predicted octanol–water partition coefficient (Wildman–Crippen LogP) is 10.4. The van der Waals surface area contributed by atoms with E-state index in [0.29, 0.717) is 33.5 Å².